The lowest BCUT2D eigenvalue weighted by Crippen LogP contribution is -2.44. The number of carbonyl (C=O) groups excluding carboxylic acids is 2. The van der Waals surface area contributed by atoms with Crippen LogP contribution >= 0.6 is 0 Å². The molecule has 1 aromatic heterocycles. The molecule has 1 saturated carbocycles. The van der Waals surface area contributed by atoms with E-state index in [0.29, 0.717) is 18.1 Å². The molecule has 3 aliphatic rings. The standard InChI is InChI=1S/C25H30N2O3/c1-17-6-9-22(30-17)24(29)27-12-10-25(11-13-27)15-19(20-4-2-3-5-21(20)25)14-23(28)26-16-18-7-8-18/h2-6,9,18-19H,7-8,10-16H2,1H3,(H,26,28). The number of rotatable bonds is 5. The minimum absolute atomic E-state index is 0.0137. The highest BCUT2D eigenvalue weighted by molar-refractivity contribution is 5.91. The Kier molecular flexibility index (Phi) is 4.92. The first kappa shape index (κ1) is 19.4. The van der Waals surface area contributed by atoms with E-state index in [1.165, 1.54) is 24.0 Å². The van der Waals surface area contributed by atoms with Crippen molar-refractivity contribution < 1.29 is 14.0 Å². The molecule has 2 aliphatic carbocycles. The quantitative estimate of drug-likeness (QED) is 0.811. The van der Waals surface area contributed by atoms with Crippen molar-refractivity contribution in [2.45, 2.75) is 56.8 Å². The summed E-state index contributed by atoms with van der Waals surface area (Å²) in [6.45, 7) is 4.15. The Balaban J connectivity index is 1.27. The third kappa shape index (κ3) is 3.66. The lowest BCUT2D eigenvalue weighted by molar-refractivity contribution is -0.121. The highest BCUT2D eigenvalue weighted by Gasteiger charge is 2.46. The summed E-state index contributed by atoms with van der Waals surface area (Å²) in [4.78, 5) is 27.2. The number of hydrogen-bond acceptors (Lipinski definition) is 3. The third-order valence-corrected chi connectivity index (χ3v) is 7.28. The van der Waals surface area contributed by atoms with Crippen molar-refractivity contribution in [3.8, 4) is 0 Å². The van der Waals surface area contributed by atoms with Crippen LogP contribution in [0.5, 0.6) is 0 Å². The fraction of sp³-hybridized carbons (Fsp3) is 0.520. The van der Waals surface area contributed by atoms with Gasteiger partial charge in [-0.2, -0.15) is 0 Å². The van der Waals surface area contributed by atoms with Gasteiger partial charge in [0, 0.05) is 26.1 Å². The molecular formula is C25H30N2O3. The number of carbonyl (C=O) groups is 2. The lowest BCUT2D eigenvalue weighted by atomic mass is 9.73. The van der Waals surface area contributed by atoms with E-state index in [9.17, 15) is 9.59 Å². The van der Waals surface area contributed by atoms with E-state index in [1.54, 1.807) is 6.07 Å². The predicted molar refractivity (Wildman–Crippen MR) is 114 cm³/mol. The van der Waals surface area contributed by atoms with E-state index in [2.05, 4.69) is 29.6 Å². The van der Waals surface area contributed by atoms with Gasteiger partial charge in [0.1, 0.15) is 5.76 Å². The minimum Gasteiger partial charge on any atom is -0.456 e. The van der Waals surface area contributed by atoms with Gasteiger partial charge in [-0.1, -0.05) is 24.3 Å². The maximum Gasteiger partial charge on any atom is 0.289 e. The molecule has 0 bridgehead atoms. The van der Waals surface area contributed by atoms with Crippen molar-refractivity contribution >= 4 is 11.8 Å². The van der Waals surface area contributed by atoms with E-state index < -0.39 is 0 Å². The van der Waals surface area contributed by atoms with Crippen LogP contribution in [0.2, 0.25) is 0 Å². The predicted octanol–water partition coefficient (Wildman–Crippen LogP) is 4.17. The maximum absolute atomic E-state index is 12.8. The van der Waals surface area contributed by atoms with Crippen LogP contribution in [-0.2, 0) is 10.2 Å². The number of hydrogen-bond donors (Lipinski definition) is 1. The number of fused-ring (bicyclic) bond motifs is 2. The summed E-state index contributed by atoms with van der Waals surface area (Å²) in [5.41, 5.74) is 2.81. The molecule has 1 atom stereocenters. The van der Waals surface area contributed by atoms with Crippen LogP contribution in [0.25, 0.3) is 0 Å². The topological polar surface area (TPSA) is 62.6 Å². The van der Waals surface area contributed by atoms with Crippen molar-refractivity contribution in [1.29, 1.82) is 0 Å². The number of amides is 2. The van der Waals surface area contributed by atoms with E-state index in [0.717, 1.165) is 44.7 Å². The molecule has 1 spiro atoms. The molecule has 1 aromatic carbocycles. The van der Waals surface area contributed by atoms with Crippen LogP contribution in [0.4, 0.5) is 0 Å². The Labute approximate surface area is 177 Å². The number of furan rings is 1. The number of likely N-dealkylation sites (tertiary alicyclic amines) is 1. The zero-order chi connectivity index (χ0) is 20.7. The van der Waals surface area contributed by atoms with E-state index in [4.69, 9.17) is 4.42 Å². The van der Waals surface area contributed by atoms with Crippen LogP contribution in [0, 0.1) is 12.8 Å². The largest absolute Gasteiger partial charge is 0.456 e. The summed E-state index contributed by atoms with van der Waals surface area (Å²) < 4.78 is 5.54. The number of nitrogens with one attached hydrogen (secondary N) is 1. The molecule has 0 radical (unpaired) electrons. The molecule has 30 heavy (non-hydrogen) atoms. The first-order valence-corrected chi connectivity index (χ1v) is 11.3. The zero-order valence-corrected chi connectivity index (χ0v) is 17.7. The summed E-state index contributed by atoms with van der Waals surface area (Å²) in [7, 11) is 0. The molecule has 1 aliphatic heterocycles. The number of piperidine rings is 1. The third-order valence-electron chi connectivity index (χ3n) is 7.28. The van der Waals surface area contributed by atoms with Crippen LogP contribution in [0.1, 0.15) is 71.9 Å². The molecule has 2 fully saturated rings. The minimum atomic E-state index is -0.0137. The van der Waals surface area contributed by atoms with Crippen molar-refractivity contribution in [3.63, 3.8) is 0 Å². The Morgan fingerprint density at radius 2 is 1.90 bits per heavy atom. The zero-order valence-electron chi connectivity index (χ0n) is 17.7. The number of nitrogens with zero attached hydrogens (tertiary/aromatic N) is 1. The Morgan fingerprint density at radius 1 is 1.13 bits per heavy atom. The van der Waals surface area contributed by atoms with Crippen LogP contribution in [-0.4, -0.2) is 36.3 Å². The molecule has 2 heterocycles. The van der Waals surface area contributed by atoms with Crippen LogP contribution in [0.15, 0.2) is 40.8 Å². The summed E-state index contributed by atoms with van der Waals surface area (Å²) in [6, 6.07) is 12.2. The van der Waals surface area contributed by atoms with Crippen molar-refractivity contribution in [2.75, 3.05) is 19.6 Å². The summed E-state index contributed by atoms with van der Waals surface area (Å²) in [5, 5.41) is 3.13. The van der Waals surface area contributed by atoms with Gasteiger partial charge in [0.2, 0.25) is 5.91 Å². The number of aryl methyl sites for hydroxylation is 1. The highest BCUT2D eigenvalue weighted by Crippen LogP contribution is 2.52. The van der Waals surface area contributed by atoms with Gasteiger partial charge in [-0.3, -0.25) is 9.59 Å². The van der Waals surface area contributed by atoms with E-state index in [1.807, 2.05) is 17.9 Å². The fourth-order valence-corrected chi connectivity index (χ4v) is 5.40. The van der Waals surface area contributed by atoms with Gasteiger partial charge in [-0.05, 0) is 79.5 Å². The second-order valence-corrected chi connectivity index (χ2v) is 9.42. The van der Waals surface area contributed by atoms with E-state index >= 15 is 0 Å². The normalized spacial score (nSPS) is 22.2. The van der Waals surface area contributed by atoms with Gasteiger partial charge in [0.15, 0.2) is 5.76 Å². The molecule has 158 valence electrons. The van der Waals surface area contributed by atoms with Gasteiger partial charge in [0.25, 0.3) is 5.91 Å². The Hall–Kier alpha value is -2.56. The van der Waals surface area contributed by atoms with Gasteiger partial charge >= 0.3 is 0 Å². The molecule has 2 amide bonds. The van der Waals surface area contributed by atoms with Crippen molar-refractivity contribution in [2.24, 2.45) is 5.92 Å². The first-order chi connectivity index (χ1) is 14.5. The maximum atomic E-state index is 12.8. The molecule has 1 saturated heterocycles. The SMILES string of the molecule is Cc1ccc(C(=O)N2CCC3(CC2)CC(CC(=O)NCC2CC2)c2ccccc23)o1. The number of benzene rings is 1. The molecule has 5 heteroatoms. The lowest BCUT2D eigenvalue weighted by Gasteiger charge is -2.40. The average molecular weight is 407 g/mol. The molecule has 5 rings (SSSR count). The molecule has 1 N–H and O–H groups in total. The smallest absolute Gasteiger partial charge is 0.289 e. The molecular weight excluding hydrogens is 376 g/mol. The van der Waals surface area contributed by atoms with Gasteiger partial charge in [0.05, 0.1) is 0 Å². The average Bonchev–Trinajstić information content (AvgIpc) is 3.43. The first-order valence-electron chi connectivity index (χ1n) is 11.3. The van der Waals surface area contributed by atoms with Gasteiger partial charge < -0.3 is 14.6 Å². The fourth-order valence-electron chi connectivity index (χ4n) is 5.40. The Morgan fingerprint density at radius 3 is 2.60 bits per heavy atom. The monoisotopic (exact) mass is 406 g/mol. The molecule has 1 unspecified atom stereocenters. The molecule has 2 aromatic rings. The summed E-state index contributed by atoms with van der Waals surface area (Å²) >= 11 is 0. The van der Waals surface area contributed by atoms with Gasteiger partial charge in [-0.25, -0.2) is 0 Å². The summed E-state index contributed by atoms with van der Waals surface area (Å²) in [5.74, 6) is 2.34. The van der Waals surface area contributed by atoms with E-state index in [-0.39, 0.29) is 23.1 Å². The van der Waals surface area contributed by atoms with Crippen LogP contribution < -0.4 is 5.32 Å². The van der Waals surface area contributed by atoms with Crippen molar-refractivity contribution in [1.82, 2.24) is 10.2 Å². The Bertz CT molecular complexity index is 951. The van der Waals surface area contributed by atoms with Crippen molar-refractivity contribution in [3.05, 3.63) is 59.0 Å². The van der Waals surface area contributed by atoms with Crippen LogP contribution in [0.3, 0.4) is 0 Å². The second-order valence-electron chi connectivity index (χ2n) is 9.42. The second kappa shape index (κ2) is 7.60. The highest BCUT2D eigenvalue weighted by atomic mass is 16.3. The van der Waals surface area contributed by atoms with Gasteiger partial charge in [-0.15, -0.1) is 0 Å². The molecule has 5 nitrogen and oxygen atoms in total. The summed E-state index contributed by atoms with van der Waals surface area (Å²) in [6.07, 6.45) is 5.96.